The van der Waals surface area contributed by atoms with Crippen LogP contribution in [0, 0.1) is 6.92 Å². The minimum Gasteiger partial charge on any atom is -0.348 e. The summed E-state index contributed by atoms with van der Waals surface area (Å²) in [4.78, 5) is 13.8. The summed E-state index contributed by atoms with van der Waals surface area (Å²) >= 11 is 7.51. The lowest BCUT2D eigenvalue weighted by molar-refractivity contribution is -0.121. The van der Waals surface area contributed by atoms with Crippen LogP contribution in [-0.4, -0.2) is 11.2 Å². The number of aryl methyl sites for hydroxylation is 1. The summed E-state index contributed by atoms with van der Waals surface area (Å²) in [5.41, 5.74) is 2.38. The summed E-state index contributed by atoms with van der Waals surface area (Å²) in [6.45, 7) is 6.21. The molecular formula is C20H24ClNOS. The molecule has 1 N–H and O–H groups in total. The van der Waals surface area contributed by atoms with E-state index in [9.17, 15) is 4.79 Å². The summed E-state index contributed by atoms with van der Waals surface area (Å²) in [7, 11) is 0. The third-order valence-electron chi connectivity index (χ3n) is 3.96. The Bertz CT molecular complexity index is 654. The Labute approximate surface area is 154 Å². The molecule has 0 aromatic heterocycles. The average Bonchev–Trinajstić information content (AvgIpc) is 2.59. The predicted octanol–water partition coefficient (Wildman–Crippen LogP) is 5.79. The summed E-state index contributed by atoms with van der Waals surface area (Å²) in [6, 6.07) is 16.0. The van der Waals surface area contributed by atoms with Gasteiger partial charge in [-0.25, -0.2) is 0 Å². The third kappa shape index (κ3) is 5.29. The van der Waals surface area contributed by atoms with Gasteiger partial charge >= 0.3 is 0 Å². The lowest BCUT2D eigenvalue weighted by Crippen LogP contribution is -2.35. The molecule has 2 aromatic rings. The van der Waals surface area contributed by atoms with Gasteiger partial charge in [0.15, 0.2) is 0 Å². The number of hydrogen-bond donors (Lipinski definition) is 1. The van der Waals surface area contributed by atoms with Gasteiger partial charge < -0.3 is 5.32 Å². The van der Waals surface area contributed by atoms with E-state index in [1.807, 2.05) is 31.2 Å². The Morgan fingerprint density at radius 2 is 1.67 bits per heavy atom. The monoisotopic (exact) mass is 361 g/mol. The van der Waals surface area contributed by atoms with E-state index in [0.29, 0.717) is 5.02 Å². The second-order valence-corrected chi connectivity index (χ2v) is 7.56. The molecule has 0 aliphatic rings. The summed E-state index contributed by atoms with van der Waals surface area (Å²) in [5, 5.41) is 3.80. The SMILES string of the molecule is CC[C@H](Sc1ccc(Cl)cc1)C(=O)N[C@H](CC)c1ccc(C)cc1. The van der Waals surface area contributed by atoms with E-state index in [-0.39, 0.29) is 17.2 Å². The second kappa shape index (κ2) is 9.14. The van der Waals surface area contributed by atoms with Crippen LogP contribution in [0.2, 0.25) is 5.02 Å². The zero-order valence-corrected chi connectivity index (χ0v) is 16.0. The van der Waals surface area contributed by atoms with Crippen molar-refractivity contribution in [3.05, 3.63) is 64.7 Å². The molecule has 0 saturated carbocycles. The number of amides is 1. The van der Waals surface area contributed by atoms with Crippen LogP contribution in [0.15, 0.2) is 53.4 Å². The van der Waals surface area contributed by atoms with Crippen LogP contribution in [0.1, 0.15) is 43.9 Å². The smallest absolute Gasteiger partial charge is 0.233 e. The molecule has 0 unspecified atom stereocenters. The number of carbonyl (C=O) groups excluding carboxylic acids is 1. The van der Waals surface area contributed by atoms with Crippen molar-refractivity contribution in [2.45, 2.75) is 49.8 Å². The number of nitrogens with one attached hydrogen (secondary N) is 1. The van der Waals surface area contributed by atoms with E-state index in [1.165, 1.54) is 5.56 Å². The van der Waals surface area contributed by atoms with Crippen LogP contribution < -0.4 is 5.32 Å². The van der Waals surface area contributed by atoms with Crippen LogP contribution in [0.4, 0.5) is 0 Å². The molecule has 128 valence electrons. The number of halogens is 1. The van der Waals surface area contributed by atoms with Crippen molar-refractivity contribution in [3.8, 4) is 0 Å². The lowest BCUT2D eigenvalue weighted by Gasteiger charge is -2.21. The van der Waals surface area contributed by atoms with Gasteiger partial charge in [0.2, 0.25) is 5.91 Å². The fraction of sp³-hybridized carbons (Fsp3) is 0.350. The molecule has 24 heavy (non-hydrogen) atoms. The molecule has 0 spiro atoms. The fourth-order valence-electron chi connectivity index (χ4n) is 2.48. The van der Waals surface area contributed by atoms with E-state index in [0.717, 1.165) is 23.3 Å². The van der Waals surface area contributed by atoms with Crippen molar-refractivity contribution >= 4 is 29.3 Å². The third-order valence-corrected chi connectivity index (χ3v) is 5.59. The normalized spacial score (nSPS) is 13.3. The van der Waals surface area contributed by atoms with Crippen LogP contribution in [-0.2, 0) is 4.79 Å². The highest BCUT2D eigenvalue weighted by molar-refractivity contribution is 8.00. The molecule has 2 rings (SSSR count). The van der Waals surface area contributed by atoms with Crippen molar-refractivity contribution < 1.29 is 4.79 Å². The van der Waals surface area contributed by atoms with Crippen LogP contribution in [0.3, 0.4) is 0 Å². The maximum atomic E-state index is 12.7. The molecule has 0 radical (unpaired) electrons. The van der Waals surface area contributed by atoms with E-state index < -0.39 is 0 Å². The Morgan fingerprint density at radius 3 is 2.21 bits per heavy atom. The minimum absolute atomic E-state index is 0.0537. The van der Waals surface area contributed by atoms with Gasteiger partial charge in [0, 0.05) is 9.92 Å². The number of carbonyl (C=O) groups is 1. The van der Waals surface area contributed by atoms with Gasteiger partial charge in [0.05, 0.1) is 11.3 Å². The van der Waals surface area contributed by atoms with Crippen LogP contribution in [0.5, 0.6) is 0 Å². The van der Waals surface area contributed by atoms with E-state index in [4.69, 9.17) is 11.6 Å². The Balaban J connectivity index is 2.04. The number of thioether (sulfide) groups is 1. The van der Waals surface area contributed by atoms with Gasteiger partial charge in [-0.2, -0.15) is 0 Å². The molecule has 0 bridgehead atoms. The quantitative estimate of drug-likeness (QED) is 0.632. The summed E-state index contributed by atoms with van der Waals surface area (Å²) in [6.07, 6.45) is 1.65. The first-order valence-electron chi connectivity index (χ1n) is 8.32. The maximum absolute atomic E-state index is 12.7. The molecule has 0 aliphatic heterocycles. The van der Waals surface area contributed by atoms with Crippen LogP contribution in [0.25, 0.3) is 0 Å². The van der Waals surface area contributed by atoms with Crippen molar-refractivity contribution in [2.75, 3.05) is 0 Å². The Kier molecular flexibility index (Phi) is 7.19. The zero-order valence-electron chi connectivity index (χ0n) is 14.4. The number of hydrogen-bond acceptors (Lipinski definition) is 2. The summed E-state index contributed by atoms with van der Waals surface area (Å²) < 4.78 is 0. The number of benzene rings is 2. The molecule has 4 heteroatoms. The predicted molar refractivity (Wildman–Crippen MR) is 104 cm³/mol. The Hall–Kier alpha value is -1.45. The number of rotatable bonds is 7. The average molecular weight is 362 g/mol. The van der Waals surface area contributed by atoms with Gasteiger partial charge in [-0.1, -0.05) is 55.3 Å². The molecule has 2 aromatic carbocycles. The van der Waals surface area contributed by atoms with Crippen LogP contribution >= 0.6 is 23.4 Å². The highest BCUT2D eigenvalue weighted by Crippen LogP contribution is 2.28. The summed E-state index contributed by atoms with van der Waals surface area (Å²) in [5.74, 6) is 0.0878. The molecule has 0 heterocycles. The highest BCUT2D eigenvalue weighted by Gasteiger charge is 2.21. The van der Waals surface area contributed by atoms with E-state index >= 15 is 0 Å². The van der Waals surface area contributed by atoms with Gasteiger partial charge in [-0.05, 0) is 49.6 Å². The molecule has 0 saturated heterocycles. The first kappa shape index (κ1) is 18.9. The van der Waals surface area contributed by atoms with Crippen molar-refractivity contribution in [3.63, 3.8) is 0 Å². The highest BCUT2D eigenvalue weighted by atomic mass is 35.5. The van der Waals surface area contributed by atoms with E-state index in [1.54, 1.807) is 11.8 Å². The molecular weight excluding hydrogens is 338 g/mol. The molecule has 1 amide bonds. The van der Waals surface area contributed by atoms with E-state index in [2.05, 4.69) is 43.4 Å². The van der Waals surface area contributed by atoms with Gasteiger partial charge in [0.1, 0.15) is 0 Å². The first-order chi connectivity index (χ1) is 11.5. The second-order valence-electron chi connectivity index (χ2n) is 5.85. The minimum atomic E-state index is -0.106. The standard InChI is InChI=1S/C20H24ClNOS/c1-4-18(15-8-6-14(3)7-9-15)22-20(23)19(5-2)24-17-12-10-16(21)11-13-17/h6-13,18-19H,4-5H2,1-3H3,(H,22,23)/t18-,19+/m1/s1. The van der Waals surface area contributed by atoms with Crippen molar-refractivity contribution in [1.82, 2.24) is 5.32 Å². The van der Waals surface area contributed by atoms with Gasteiger partial charge in [-0.15, -0.1) is 11.8 Å². The lowest BCUT2D eigenvalue weighted by atomic mass is 10.0. The molecule has 2 nitrogen and oxygen atoms in total. The molecule has 0 aliphatic carbocycles. The molecule has 0 fully saturated rings. The van der Waals surface area contributed by atoms with Gasteiger partial charge in [0.25, 0.3) is 0 Å². The maximum Gasteiger partial charge on any atom is 0.233 e. The topological polar surface area (TPSA) is 29.1 Å². The zero-order chi connectivity index (χ0) is 17.5. The first-order valence-corrected chi connectivity index (χ1v) is 9.58. The van der Waals surface area contributed by atoms with Crippen molar-refractivity contribution in [2.24, 2.45) is 0 Å². The largest absolute Gasteiger partial charge is 0.348 e. The Morgan fingerprint density at radius 1 is 1.04 bits per heavy atom. The molecule has 2 atom stereocenters. The van der Waals surface area contributed by atoms with Crippen molar-refractivity contribution in [1.29, 1.82) is 0 Å². The fourth-order valence-corrected chi connectivity index (χ4v) is 3.57. The van der Waals surface area contributed by atoms with Gasteiger partial charge in [-0.3, -0.25) is 4.79 Å².